The maximum absolute atomic E-state index is 10.8. The fraction of sp³-hybridized carbons (Fsp3) is 0.100. The molecule has 0 saturated carbocycles. The molecule has 3 nitrogen and oxygen atoms in total. The van der Waals surface area contributed by atoms with Gasteiger partial charge in [-0.15, -0.1) is 6.42 Å². The van der Waals surface area contributed by atoms with Gasteiger partial charge in [-0.25, -0.2) is 0 Å². The summed E-state index contributed by atoms with van der Waals surface area (Å²) in [6.07, 6.45) is 3.61. The first-order valence-electron chi connectivity index (χ1n) is 3.93. The molecule has 15 heavy (non-hydrogen) atoms. The van der Waals surface area contributed by atoms with Crippen LogP contribution in [0.5, 0.6) is 0 Å². The third-order valence-corrected chi connectivity index (χ3v) is 2.22. The van der Waals surface area contributed by atoms with Crippen LogP contribution in [0.2, 0.25) is 10.0 Å². The third kappa shape index (κ3) is 2.79. The maximum Gasteiger partial charge on any atom is 0.142 e. The molecule has 0 fully saturated rings. The summed E-state index contributed by atoms with van der Waals surface area (Å²) >= 11 is 11.5. The van der Waals surface area contributed by atoms with Crippen LogP contribution in [0.1, 0.15) is 0 Å². The predicted molar refractivity (Wildman–Crippen MR) is 58.0 cm³/mol. The van der Waals surface area contributed by atoms with Gasteiger partial charge in [0.1, 0.15) is 6.09 Å². The van der Waals surface area contributed by atoms with Crippen molar-refractivity contribution in [1.29, 1.82) is 0 Å². The fourth-order valence-electron chi connectivity index (χ4n) is 1.03. The van der Waals surface area contributed by atoms with E-state index in [1.54, 1.807) is 6.07 Å². The molecular weight excluding hydrogens is 237 g/mol. The average molecular weight is 243 g/mol. The lowest BCUT2D eigenvalue weighted by molar-refractivity contribution is -0.246. The second-order valence-electron chi connectivity index (χ2n) is 2.65. The Balaban J connectivity index is 3.16. The lowest BCUT2D eigenvalue weighted by atomic mass is 10.3. The number of amides is 1. The second kappa shape index (κ2) is 4.92. The first-order valence-corrected chi connectivity index (χ1v) is 4.69. The topological polar surface area (TPSA) is 43.4 Å². The van der Waals surface area contributed by atoms with Crippen LogP contribution in [-0.2, 0) is 0 Å². The van der Waals surface area contributed by atoms with E-state index in [9.17, 15) is 9.90 Å². The molecule has 0 saturated heterocycles. The van der Waals surface area contributed by atoms with Crippen molar-refractivity contribution in [1.82, 2.24) is 0 Å². The Morgan fingerprint density at radius 2 is 2.20 bits per heavy atom. The number of benzene rings is 1. The number of rotatable bonds is 2. The number of carbonyl (C=O) groups excluding carboxylic acids is 1. The molecule has 0 aromatic heterocycles. The lowest BCUT2D eigenvalue weighted by Crippen LogP contribution is -2.41. The molecule has 1 amide bonds. The second-order valence-corrected chi connectivity index (χ2v) is 3.50. The van der Waals surface area contributed by atoms with Crippen LogP contribution < -0.4 is 10.0 Å². The zero-order valence-electron chi connectivity index (χ0n) is 7.54. The molecule has 78 valence electrons. The van der Waals surface area contributed by atoms with Crippen LogP contribution >= 0.6 is 23.2 Å². The van der Waals surface area contributed by atoms with Crippen molar-refractivity contribution in [3.63, 3.8) is 0 Å². The Bertz CT molecular complexity index is 426. The minimum absolute atomic E-state index is 0.137. The molecule has 0 bridgehead atoms. The first kappa shape index (κ1) is 11.7. The van der Waals surface area contributed by atoms with Gasteiger partial charge < -0.3 is 14.8 Å². The van der Waals surface area contributed by atoms with Crippen molar-refractivity contribution in [2.24, 2.45) is 0 Å². The van der Waals surface area contributed by atoms with Crippen molar-refractivity contribution in [2.75, 3.05) is 11.4 Å². The summed E-state index contributed by atoms with van der Waals surface area (Å²) in [5.74, 6) is 2.20. The number of terminal acetylenes is 1. The highest BCUT2D eigenvalue weighted by Crippen LogP contribution is 2.28. The van der Waals surface area contributed by atoms with Crippen molar-refractivity contribution in [3.05, 3.63) is 28.2 Å². The van der Waals surface area contributed by atoms with Gasteiger partial charge in [0.15, 0.2) is 0 Å². The summed E-state index contributed by atoms with van der Waals surface area (Å²) in [5, 5.41) is 11.4. The van der Waals surface area contributed by atoms with Gasteiger partial charge >= 0.3 is 0 Å². The molecule has 1 aromatic carbocycles. The maximum atomic E-state index is 10.8. The molecule has 0 heterocycles. The van der Waals surface area contributed by atoms with E-state index in [0.29, 0.717) is 5.02 Å². The highest BCUT2D eigenvalue weighted by Gasteiger charge is 2.10. The molecule has 0 radical (unpaired) electrons. The summed E-state index contributed by atoms with van der Waals surface area (Å²) in [5.41, 5.74) is 0.224. The number of hydrogen-bond donors (Lipinski definition) is 0. The number of carbonyl (C=O) groups is 1. The highest BCUT2D eigenvalue weighted by molar-refractivity contribution is 6.35. The average Bonchev–Trinajstić information content (AvgIpc) is 2.18. The monoisotopic (exact) mass is 242 g/mol. The van der Waals surface area contributed by atoms with Gasteiger partial charge in [-0.2, -0.15) is 0 Å². The molecule has 5 heteroatoms. The molecule has 1 aromatic rings. The van der Waals surface area contributed by atoms with Crippen molar-refractivity contribution >= 4 is 35.0 Å². The minimum Gasteiger partial charge on any atom is -0.530 e. The standard InChI is InChI=1S/C10H7Cl2NO2/c1-2-5-13(10(14)15)9-6-7(11)3-4-8(9)12/h1,3-4,6H,5H2,(H,14,15)/p-1. The quantitative estimate of drug-likeness (QED) is 0.743. The zero-order chi connectivity index (χ0) is 11.4. The van der Waals surface area contributed by atoms with E-state index in [4.69, 9.17) is 29.6 Å². The molecule has 0 unspecified atom stereocenters. The number of anilines is 1. The lowest BCUT2D eigenvalue weighted by Gasteiger charge is -2.23. The highest BCUT2D eigenvalue weighted by atomic mass is 35.5. The molecule has 0 N–H and O–H groups in total. The molecular formula is C10H6Cl2NO2-. The summed E-state index contributed by atoms with van der Waals surface area (Å²) in [7, 11) is 0. The zero-order valence-corrected chi connectivity index (χ0v) is 9.05. The SMILES string of the molecule is C#CCN(C(=O)[O-])c1cc(Cl)ccc1Cl. The van der Waals surface area contributed by atoms with E-state index in [1.165, 1.54) is 12.1 Å². The van der Waals surface area contributed by atoms with E-state index in [-0.39, 0.29) is 17.3 Å². The largest absolute Gasteiger partial charge is 0.530 e. The number of carboxylic acid groups (broad SMARTS) is 1. The predicted octanol–water partition coefficient (Wildman–Crippen LogP) is 1.78. The summed E-state index contributed by atoms with van der Waals surface area (Å²) in [6.45, 7) is -0.137. The third-order valence-electron chi connectivity index (χ3n) is 1.67. The van der Waals surface area contributed by atoms with Crippen LogP contribution in [0.4, 0.5) is 10.5 Å². The van der Waals surface area contributed by atoms with Gasteiger partial charge in [-0.05, 0) is 18.2 Å². The Hall–Kier alpha value is -1.37. The van der Waals surface area contributed by atoms with E-state index in [0.717, 1.165) is 4.90 Å². The number of halogens is 2. The summed E-state index contributed by atoms with van der Waals surface area (Å²) in [6, 6.07) is 4.46. The van der Waals surface area contributed by atoms with Crippen molar-refractivity contribution in [2.45, 2.75) is 0 Å². The Kier molecular flexibility index (Phi) is 3.84. The first-order chi connectivity index (χ1) is 7.06. The molecule has 0 atom stereocenters. The van der Waals surface area contributed by atoms with Crippen LogP contribution in [0, 0.1) is 12.3 Å². The molecule has 0 aliphatic rings. The van der Waals surface area contributed by atoms with E-state index in [1.807, 2.05) is 0 Å². The van der Waals surface area contributed by atoms with E-state index < -0.39 is 6.09 Å². The molecule has 0 spiro atoms. The number of nitrogens with zero attached hydrogens (tertiary/aromatic N) is 1. The van der Waals surface area contributed by atoms with Gasteiger partial charge in [0, 0.05) is 5.02 Å². The van der Waals surface area contributed by atoms with Gasteiger partial charge in [-0.3, -0.25) is 0 Å². The van der Waals surface area contributed by atoms with Gasteiger partial charge in [0.05, 0.1) is 17.3 Å². The van der Waals surface area contributed by atoms with Gasteiger partial charge in [0.25, 0.3) is 0 Å². The van der Waals surface area contributed by atoms with Gasteiger partial charge in [-0.1, -0.05) is 29.1 Å². The minimum atomic E-state index is -1.42. The van der Waals surface area contributed by atoms with Crippen molar-refractivity contribution < 1.29 is 9.90 Å². The Labute approximate surface area is 97.2 Å². The van der Waals surface area contributed by atoms with Gasteiger partial charge in [0.2, 0.25) is 0 Å². The smallest absolute Gasteiger partial charge is 0.142 e. The van der Waals surface area contributed by atoms with Crippen LogP contribution in [0.3, 0.4) is 0 Å². The fourth-order valence-corrected chi connectivity index (χ4v) is 1.42. The normalized spacial score (nSPS) is 9.40. The summed E-state index contributed by atoms with van der Waals surface area (Å²) < 4.78 is 0. The van der Waals surface area contributed by atoms with Crippen molar-refractivity contribution in [3.8, 4) is 12.3 Å². The van der Waals surface area contributed by atoms with Crippen LogP contribution in [-0.4, -0.2) is 12.6 Å². The van der Waals surface area contributed by atoms with E-state index >= 15 is 0 Å². The Morgan fingerprint density at radius 1 is 1.53 bits per heavy atom. The van der Waals surface area contributed by atoms with E-state index in [2.05, 4.69) is 5.92 Å². The van der Waals surface area contributed by atoms with Crippen LogP contribution in [0.25, 0.3) is 0 Å². The molecule has 0 aliphatic heterocycles. The van der Waals surface area contributed by atoms with Crippen LogP contribution in [0.15, 0.2) is 18.2 Å². The molecule has 0 aliphatic carbocycles. The number of hydrogen-bond acceptors (Lipinski definition) is 2. The molecule has 1 rings (SSSR count). The summed E-state index contributed by atoms with van der Waals surface area (Å²) in [4.78, 5) is 11.6. The Morgan fingerprint density at radius 3 is 2.73 bits per heavy atom.